The third kappa shape index (κ3) is 2.50. The van der Waals surface area contributed by atoms with Crippen molar-refractivity contribution in [2.75, 3.05) is 5.32 Å². The number of carbonyl (C=O) groups excluding carboxylic acids is 1. The summed E-state index contributed by atoms with van der Waals surface area (Å²) >= 11 is 7.52. The van der Waals surface area contributed by atoms with Gasteiger partial charge in [-0.25, -0.2) is 9.97 Å². The van der Waals surface area contributed by atoms with Crippen molar-refractivity contribution in [3.63, 3.8) is 0 Å². The number of amides is 1. The van der Waals surface area contributed by atoms with Crippen LogP contribution in [0.2, 0.25) is 5.15 Å². The van der Waals surface area contributed by atoms with Crippen molar-refractivity contribution in [1.82, 2.24) is 9.97 Å². The van der Waals surface area contributed by atoms with Gasteiger partial charge >= 0.3 is 0 Å². The zero-order valence-corrected chi connectivity index (χ0v) is 12.1. The zero-order chi connectivity index (χ0) is 14.1. The first kappa shape index (κ1) is 13.0. The first-order valence-electron chi connectivity index (χ1n) is 5.92. The van der Waals surface area contributed by atoms with E-state index in [0.29, 0.717) is 10.3 Å². The van der Waals surface area contributed by atoms with E-state index in [1.807, 2.05) is 31.2 Å². The van der Waals surface area contributed by atoms with E-state index in [9.17, 15) is 4.79 Å². The molecule has 4 nitrogen and oxygen atoms in total. The normalized spacial score (nSPS) is 10.7. The van der Waals surface area contributed by atoms with Crippen LogP contribution in [0.15, 0.2) is 36.5 Å². The molecule has 1 N–H and O–H groups in total. The van der Waals surface area contributed by atoms with E-state index >= 15 is 0 Å². The summed E-state index contributed by atoms with van der Waals surface area (Å²) in [7, 11) is 0. The number of aryl methyl sites for hydroxylation is 1. The first-order chi connectivity index (χ1) is 9.63. The molecule has 0 fully saturated rings. The number of hydrogen-bond acceptors (Lipinski definition) is 4. The lowest BCUT2D eigenvalue weighted by molar-refractivity contribution is 0.102. The molecule has 1 aromatic carbocycles. The summed E-state index contributed by atoms with van der Waals surface area (Å²) in [6.07, 6.45) is 1.71. The highest BCUT2D eigenvalue weighted by Crippen LogP contribution is 2.23. The maximum Gasteiger partial charge on any atom is 0.276 e. The van der Waals surface area contributed by atoms with Crippen LogP contribution in [0.3, 0.4) is 0 Å². The van der Waals surface area contributed by atoms with Crippen molar-refractivity contribution >= 4 is 44.7 Å². The molecule has 0 aliphatic rings. The molecule has 0 saturated carbocycles. The Morgan fingerprint density at radius 3 is 2.90 bits per heavy atom. The molecule has 0 atom stereocenters. The van der Waals surface area contributed by atoms with Crippen LogP contribution in [0, 0.1) is 6.92 Å². The van der Waals surface area contributed by atoms with E-state index in [1.54, 1.807) is 12.3 Å². The van der Waals surface area contributed by atoms with Gasteiger partial charge in [0.15, 0.2) is 5.13 Å². The van der Waals surface area contributed by atoms with Gasteiger partial charge in [-0.2, -0.15) is 0 Å². The van der Waals surface area contributed by atoms with Crippen LogP contribution in [0.4, 0.5) is 5.13 Å². The van der Waals surface area contributed by atoms with Gasteiger partial charge in [-0.3, -0.25) is 10.1 Å². The number of thiazole rings is 1. The van der Waals surface area contributed by atoms with Gasteiger partial charge in [0.05, 0.1) is 0 Å². The molecule has 0 aliphatic carbocycles. The molecule has 1 amide bonds. The Morgan fingerprint density at radius 1 is 1.35 bits per heavy atom. The van der Waals surface area contributed by atoms with Gasteiger partial charge < -0.3 is 0 Å². The third-order valence-electron chi connectivity index (χ3n) is 2.77. The molecule has 0 unspecified atom stereocenters. The second-order valence-electron chi connectivity index (χ2n) is 4.25. The van der Waals surface area contributed by atoms with Crippen molar-refractivity contribution in [2.45, 2.75) is 6.92 Å². The van der Waals surface area contributed by atoms with Crippen LogP contribution in [-0.2, 0) is 0 Å². The van der Waals surface area contributed by atoms with Crippen LogP contribution in [0.1, 0.15) is 15.4 Å². The highest BCUT2D eigenvalue weighted by Gasteiger charge is 2.12. The van der Waals surface area contributed by atoms with Crippen molar-refractivity contribution in [1.29, 1.82) is 0 Å². The fourth-order valence-corrected chi connectivity index (χ4v) is 2.77. The number of fused-ring (bicyclic) bond motifs is 1. The van der Waals surface area contributed by atoms with Gasteiger partial charge in [-0.1, -0.05) is 35.9 Å². The molecule has 6 heteroatoms. The van der Waals surface area contributed by atoms with Gasteiger partial charge in [-0.15, -0.1) is 11.3 Å². The molecule has 3 aromatic rings. The van der Waals surface area contributed by atoms with Gasteiger partial charge in [0.2, 0.25) is 0 Å². The van der Waals surface area contributed by atoms with Crippen molar-refractivity contribution < 1.29 is 4.79 Å². The minimum absolute atomic E-state index is 0.279. The summed E-state index contributed by atoms with van der Waals surface area (Å²) in [5.41, 5.74) is 0.279. The second kappa shape index (κ2) is 5.19. The predicted molar refractivity (Wildman–Crippen MR) is 81.6 cm³/mol. The highest BCUT2D eigenvalue weighted by atomic mass is 35.5. The summed E-state index contributed by atoms with van der Waals surface area (Å²) in [6, 6.07) is 9.26. The van der Waals surface area contributed by atoms with Gasteiger partial charge in [-0.05, 0) is 18.4 Å². The van der Waals surface area contributed by atoms with Crippen LogP contribution < -0.4 is 5.32 Å². The lowest BCUT2D eigenvalue weighted by Gasteiger charge is -2.04. The summed E-state index contributed by atoms with van der Waals surface area (Å²) in [6.45, 7) is 1.93. The fourth-order valence-electron chi connectivity index (χ4n) is 1.85. The molecule has 2 aromatic heterocycles. The number of halogens is 1. The van der Waals surface area contributed by atoms with Crippen LogP contribution in [-0.4, -0.2) is 15.9 Å². The Kier molecular flexibility index (Phi) is 3.38. The molecular weight excluding hydrogens is 294 g/mol. The van der Waals surface area contributed by atoms with E-state index in [2.05, 4.69) is 15.3 Å². The lowest BCUT2D eigenvalue weighted by atomic mass is 10.1. The molecule has 3 rings (SSSR count). The molecule has 2 heterocycles. The number of carbonyl (C=O) groups is 1. The van der Waals surface area contributed by atoms with Crippen LogP contribution in [0.25, 0.3) is 10.8 Å². The zero-order valence-electron chi connectivity index (χ0n) is 10.6. The van der Waals surface area contributed by atoms with E-state index in [1.165, 1.54) is 11.3 Å². The minimum atomic E-state index is -0.313. The lowest BCUT2D eigenvalue weighted by Crippen LogP contribution is -2.13. The summed E-state index contributed by atoms with van der Waals surface area (Å²) in [5.74, 6) is -0.313. The fraction of sp³-hybridized carbons (Fsp3) is 0.0714. The Labute approximate surface area is 124 Å². The monoisotopic (exact) mass is 303 g/mol. The van der Waals surface area contributed by atoms with Gasteiger partial charge in [0.25, 0.3) is 5.91 Å². The minimum Gasteiger partial charge on any atom is -0.296 e. The molecule has 0 spiro atoms. The molecule has 100 valence electrons. The molecule has 0 aliphatic heterocycles. The van der Waals surface area contributed by atoms with Gasteiger partial charge in [0.1, 0.15) is 10.8 Å². The highest BCUT2D eigenvalue weighted by molar-refractivity contribution is 7.15. The number of nitrogens with one attached hydrogen (secondary N) is 1. The summed E-state index contributed by atoms with van der Waals surface area (Å²) < 4.78 is 0. The number of rotatable bonds is 2. The topological polar surface area (TPSA) is 54.9 Å². The van der Waals surface area contributed by atoms with Crippen molar-refractivity contribution in [3.8, 4) is 0 Å². The quantitative estimate of drug-likeness (QED) is 0.730. The largest absolute Gasteiger partial charge is 0.296 e. The Bertz CT molecular complexity index is 800. The maximum absolute atomic E-state index is 12.2. The Hall–Kier alpha value is -1.98. The average molecular weight is 304 g/mol. The van der Waals surface area contributed by atoms with Crippen LogP contribution in [0.5, 0.6) is 0 Å². The van der Waals surface area contributed by atoms with Crippen LogP contribution >= 0.6 is 22.9 Å². The van der Waals surface area contributed by atoms with E-state index in [4.69, 9.17) is 11.6 Å². The molecule has 0 radical (unpaired) electrons. The molecular formula is C14H10ClN3OS. The smallest absolute Gasteiger partial charge is 0.276 e. The molecule has 0 saturated heterocycles. The number of nitrogens with zero attached hydrogens (tertiary/aromatic N) is 2. The SMILES string of the molecule is Cc1cnc(NC(=O)c2cc3ccccc3c(Cl)n2)s1. The Morgan fingerprint density at radius 2 is 2.15 bits per heavy atom. The third-order valence-corrected chi connectivity index (χ3v) is 3.88. The first-order valence-corrected chi connectivity index (χ1v) is 7.12. The van der Waals surface area contributed by atoms with E-state index in [-0.39, 0.29) is 11.6 Å². The summed E-state index contributed by atoms with van der Waals surface area (Å²) in [4.78, 5) is 21.4. The van der Waals surface area contributed by atoms with Gasteiger partial charge in [0, 0.05) is 16.5 Å². The Balaban J connectivity index is 1.95. The number of anilines is 1. The van der Waals surface area contributed by atoms with Crippen molar-refractivity contribution in [3.05, 3.63) is 52.3 Å². The average Bonchev–Trinajstić information content (AvgIpc) is 2.84. The standard InChI is InChI=1S/C14H10ClN3OS/c1-8-7-16-14(20-8)18-13(19)11-6-9-4-2-3-5-10(9)12(15)17-11/h2-7H,1H3,(H,16,18,19). The number of hydrogen-bond donors (Lipinski definition) is 1. The maximum atomic E-state index is 12.2. The second-order valence-corrected chi connectivity index (χ2v) is 5.84. The number of aromatic nitrogens is 2. The number of benzene rings is 1. The molecule has 20 heavy (non-hydrogen) atoms. The van der Waals surface area contributed by atoms with E-state index in [0.717, 1.165) is 15.6 Å². The predicted octanol–water partition coefficient (Wildman–Crippen LogP) is 3.91. The van der Waals surface area contributed by atoms with Crippen molar-refractivity contribution in [2.24, 2.45) is 0 Å². The molecule has 0 bridgehead atoms. The summed E-state index contributed by atoms with van der Waals surface area (Å²) in [5, 5.41) is 5.31. The number of pyridine rings is 1. The van der Waals surface area contributed by atoms with E-state index < -0.39 is 0 Å².